The first-order chi connectivity index (χ1) is 19.0. The van der Waals surface area contributed by atoms with E-state index in [0.29, 0.717) is 5.75 Å². The average molecular weight is 525 g/mol. The highest BCUT2D eigenvalue weighted by Crippen LogP contribution is 2.25. The molecule has 4 aromatic carbocycles. The third kappa shape index (κ3) is 7.01. The molecule has 0 bridgehead atoms. The Bertz CT molecular complexity index is 1390. The van der Waals surface area contributed by atoms with Gasteiger partial charge in [0.2, 0.25) is 0 Å². The largest absolute Gasteiger partial charge is 0.465 e. The van der Waals surface area contributed by atoms with Crippen LogP contribution in [0.3, 0.4) is 0 Å². The summed E-state index contributed by atoms with van der Waals surface area (Å²) in [4.78, 5) is 40.1. The molecule has 39 heavy (non-hydrogen) atoms. The van der Waals surface area contributed by atoms with Crippen molar-refractivity contribution in [3.05, 3.63) is 125 Å². The molecule has 0 aliphatic heterocycles. The van der Waals surface area contributed by atoms with E-state index in [4.69, 9.17) is 14.2 Å². The fraction of sp³-hybridized carbons (Fsp3) is 0.129. The first-order valence-corrected chi connectivity index (χ1v) is 12.2. The topological polar surface area (TPSA) is 94.2 Å². The molecule has 8 nitrogen and oxygen atoms in total. The molecule has 4 aromatic rings. The number of para-hydroxylation sites is 2. The van der Waals surface area contributed by atoms with Crippen LogP contribution in [0.25, 0.3) is 0 Å². The second-order valence-electron chi connectivity index (χ2n) is 8.54. The van der Waals surface area contributed by atoms with E-state index in [9.17, 15) is 14.4 Å². The van der Waals surface area contributed by atoms with Crippen LogP contribution in [0.2, 0.25) is 0 Å². The molecule has 4 rings (SSSR count). The van der Waals surface area contributed by atoms with Gasteiger partial charge >= 0.3 is 18.0 Å². The lowest BCUT2D eigenvalue weighted by Crippen LogP contribution is -2.35. The van der Waals surface area contributed by atoms with Gasteiger partial charge in [0.1, 0.15) is 11.5 Å². The molecule has 0 aliphatic carbocycles. The van der Waals surface area contributed by atoms with Crippen molar-refractivity contribution in [1.82, 2.24) is 4.90 Å². The number of ether oxygens (including phenoxy) is 3. The number of esters is 2. The highest BCUT2D eigenvalue weighted by molar-refractivity contribution is 6.08. The zero-order chi connectivity index (χ0) is 27.6. The number of nitrogens with one attached hydrogen (secondary N) is 1. The minimum atomic E-state index is -0.695. The summed E-state index contributed by atoms with van der Waals surface area (Å²) in [6.45, 7) is 0.531. The Morgan fingerprint density at radius 3 is 1.64 bits per heavy atom. The van der Waals surface area contributed by atoms with Gasteiger partial charge in [0.25, 0.3) is 0 Å². The predicted molar refractivity (Wildman–Crippen MR) is 147 cm³/mol. The summed E-state index contributed by atoms with van der Waals surface area (Å²) in [6.07, 6.45) is 0. The maximum absolute atomic E-state index is 13.6. The monoisotopic (exact) mass is 524 g/mol. The van der Waals surface area contributed by atoms with Crippen LogP contribution in [-0.2, 0) is 22.6 Å². The van der Waals surface area contributed by atoms with Crippen molar-refractivity contribution in [1.29, 1.82) is 0 Å². The van der Waals surface area contributed by atoms with Crippen LogP contribution >= 0.6 is 0 Å². The van der Waals surface area contributed by atoms with Crippen molar-refractivity contribution in [2.75, 3.05) is 19.5 Å². The molecule has 0 unspecified atom stereocenters. The number of carbonyl (C=O) groups is 3. The minimum Gasteiger partial charge on any atom is -0.465 e. The third-order valence-corrected chi connectivity index (χ3v) is 5.89. The van der Waals surface area contributed by atoms with Crippen LogP contribution in [0.1, 0.15) is 31.8 Å². The number of benzene rings is 4. The number of rotatable bonds is 9. The maximum atomic E-state index is 13.6. The van der Waals surface area contributed by atoms with E-state index in [0.717, 1.165) is 16.9 Å². The molecule has 198 valence electrons. The van der Waals surface area contributed by atoms with E-state index < -0.39 is 18.0 Å². The molecule has 0 atom stereocenters. The van der Waals surface area contributed by atoms with Crippen LogP contribution in [0.4, 0.5) is 10.5 Å². The second-order valence-corrected chi connectivity index (χ2v) is 8.54. The summed E-state index contributed by atoms with van der Waals surface area (Å²) in [7, 11) is 2.46. The van der Waals surface area contributed by atoms with Crippen molar-refractivity contribution in [2.24, 2.45) is 0 Å². The average Bonchev–Trinajstić information content (AvgIpc) is 2.98. The number of carbonyl (C=O) groups excluding carboxylic acids is 3. The fourth-order valence-corrected chi connectivity index (χ4v) is 3.94. The summed E-state index contributed by atoms with van der Waals surface area (Å²) in [5.74, 6) is -0.000848. The zero-order valence-electron chi connectivity index (χ0n) is 21.6. The molecule has 1 N–H and O–H groups in total. The first kappa shape index (κ1) is 26.9. The number of amides is 2. The van der Waals surface area contributed by atoms with E-state index in [1.807, 2.05) is 84.9 Å². The summed E-state index contributed by atoms with van der Waals surface area (Å²) < 4.78 is 15.6. The number of urea groups is 1. The zero-order valence-corrected chi connectivity index (χ0v) is 21.6. The molecule has 2 amide bonds. The molecule has 0 heterocycles. The highest BCUT2D eigenvalue weighted by Gasteiger charge is 2.24. The molecule has 0 radical (unpaired) electrons. The van der Waals surface area contributed by atoms with Gasteiger partial charge in [-0.1, -0.05) is 66.7 Å². The molecular formula is C31H28N2O6. The second kappa shape index (κ2) is 12.9. The molecular weight excluding hydrogens is 496 g/mol. The number of methoxy groups -OCH3 is 2. The Hall–Kier alpha value is -5.11. The maximum Gasteiger partial charge on any atom is 0.340 e. The number of anilines is 1. The van der Waals surface area contributed by atoms with Gasteiger partial charge in [0.15, 0.2) is 0 Å². The molecule has 0 aromatic heterocycles. The van der Waals surface area contributed by atoms with Gasteiger partial charge in [-0.25, -0.2) is 14.4 Å². The lowest BCUT2D eigenvalue weighted by atomic mass is 10.1. The highest BCUT2D eigenvalue weighted by atomic mass is 16.5. The van der Waals surface area contributed by atoms with E-state index in [2.05, 4.69) is 5.32 Å². The number of hydrogen-bond donors (Lipinski definition) is 1. The van der Waals surface area contributed by atoms with Crippen LogP contribution in [-0.4, -0.2) is 37.1 Å². The predicted octanol–water partition coefficient (Wildman–Crippen LogP) is 6.29. The molecule has 0 spiro atoms. The summed E-state index contributed by atoms with van der Waals surface area (Å²) in [5.41, 5.74) is 1.86. The quantitative estimate of drug-likeness (QED) is 0.259. The van der Waals surface area contributed by atoms with Gasteiger partial charge in [-0.15, -0.1) is 0 Å². The normalized spacial score (nSPS) is 10.3. The molecule has 0 saturated carbocycles. The van der Waals surface area contributed by atoms with Crippen LogP contribution in [0.15, 0.2) is 103 Å². The summed E-state index contributed by atoms with van der Waals surface area (Å²) in [5, 5.41) is 2.75. The van der Waals surface area contributed by atoms with Gasteiger partial charge in [0, 0.05) is 13.1 Å². The summed E-state index contributed by atoms with van der Waals surface area (Å²) >= 11 is 0. The molecule has 0 aliphatic rings. The van der Waals surface area contributed by atoms with E-state index in [1.165, 1.54) is 32.4 Å². The van der Waals surface area contributed by atoms with Gasteiger partial charge in [-0.3, -0.25) is 0 Å². The third-order valence-electron chi connectivity index (χ3n) is 5.89. The fourth-order valence-electron chi connectivity index (χ4n) is 3.94. The van der Waals surface area contributed by atoms with Gasteiger partial charge in [-0.2, -0.15) is 0 Å². The standard InChI is InChI=1S/C31H28N2O6/c1-37-29(34)26-14-9-15-27(30(35)38-2)28(26)32-31(36)33(20-22-10-5-3-6-11-22)21-23-16-18-25(19-17-23)39-24-12-7-4-8-13-24/h3-19H,20-21H2,1-2H3,(H,32,36). The van der Waals surface area contributed by atoms with Crippen LogP contribution in [0, 0.1) is 0 Å². The lowest BCUT2D eigenvalue weighted by molar-refractivity contribution is 0.0601. The molecule has 8 heteroatoms. The summed E-state index contributed by atoms with van der Waals surface area (Å²) in [6, 6.07) is 30.4. The van der Waals surface area contributed by atoms with Gasteiger partial charge in [-0.05, 0) is 47.5 Å². The van der Waals surface area contributed by atoms with E-state index in [-0.39, 0.29) is 29.9 Å². The number of nitrogens with zero attached hydrogens (tertiary/aromatic N) is 1. The van der Waals surface area contributed by atoms with Crippen molar-refractivity contribution >= 4 is 23.7 Å². The Morgan fingerprint density at radius 1 is 0.615 bits per heavy atom. The van der Waals surface area contributed by atoms with Crippen molar-refractivity contribution < 1.29 is 28.6 Å². The smallest absolute Gasteiger partial charge is 0.340 e. The Balaban J connectivity index is 1.60. The lowest BCUT2D eigenvalue weighted by Gasteiger charge is -2.25. The number of hydrogen-bond acceptors (Lipinski definition) is 6. The minimum absolute atomic E-state index is 0.0193. The molecule has 0 fully saturated rings. The van der Waals surface area contributed by atoms with Gasteiger partial charge in [0.05, 0.1) is 31.0 Å². The SMILES string of the molecule is COC(=O)c1cccc(C(=O)OC)c1NC(=O)N(Cc1ccccc1)Cc1ccc(Oc2ccccc2)cc1. The van der Waals surface area contributed by atoms with Crippen LogP contribution < -0.4 is 10.1 Å². The van der Waals surface area contributed by atoms with Crippen molar-refractivity contribution in [3.8, 4) is 11.5 Å². The first-order valence-electron chi connectivity index (χ1n) is 12.2. The Kier molecular flexibility index (Phi) is 8.92. The van der Waals surface area contributed by atoms with Crippen LogP contribution in [0.5, 0.6) is 11.5 Å². The Labute approximate surface area is 226 Å². The Morgan fingerprint density at radius 2 is 1.10 bits per heavy atom. The molecule has 0 saturated heterocycles. The van der Waals surface area contributed by atoms with Gasteiger partial charge < -0.3 is 24.4 Å². The van der Waals surface area contributed by atoms with Crippen molar-refractivity contribution in [2.45, 2.75) is 13.1 Å². The van der Waals surface area contributed by atoms with Crippen molar-refractivity contribution in [3.63, 3.8) is 0 Å². The van der Waals surface area contributed by atoms with E-state index >= 15 is 0 Å². The van der Waals surface area contributed by atoms with E-state index in [1.54, 1.807) is 4.90 Å².